The Morgan fingerprint density at radius 3 is 2.29 bits per heavy atom. The van der Waals surface area contributed by atoms with Gasteiger partial charge in [-0.1, -0.05) is 40.0 Å². The Balaban J connectivity index is 2.24. The minimum atomic E-state index is -2.93. The number of hydrogen-bond donors (Lipinski definition) is 1. The summed E-state index contributed by atoms with van der Waals surface area (Å²) in [5.74, 6) is 0.873. The van der Waals surface area contributed by atoms with Gasteiger partial charge in [0.2, 0.25) is 0 Å². The van der Waals surface area contributed by atoms with Crippen LogP contribution in [0.4, 0.5) is 0 Å². The lowest BCUT2D eigenvalue weighted by Crippen LogP contribution is -2.59. The van der Waals surface area contributed by atoms with Gasteiger partial charge in [-0.3, -0.25) is 0 Å². The van der Waals surface area contributed by atoms with Gasteiger partial charge in [-0.05, 0) is 49.4 Å². The Morgan fingerprint density at radius 1 is 1.05 bits per heavy atom. The molecule has 0 radical (unpaired) electrons. The smallest absolute Gasteiger partial charge is 0.150 e. The third-order valence-electron chi connectivity index (χ3n) is 6.04. The van der Waals surface area contributed by atoms with Crippen molar-refractivity contribution in [1.82, 2.24) is 0 Å². The van der Waals surface area contributed by atoms with E-state index in [2.05, 4.69) is 20.8 Å². The minimum Gasteiger partial charge on any atom is -0.325 e. The number of sulfone groups is 1. The van der Waals surface area contributed by atoms with Crippen molar-refractivity contribution < 1.29 is 8.42 Å². The van der Waals surface area contributed by atoms with Gasteiger partial charge in [0.25, 0.3) is 0 Å². The van der Waals surface area contributed by atoms with E-state index in [4.69, 9.17) is 5.73 Å². The molecule has 2 N–H and O–H groups in total. The summed E-state index contributed by atoms with van der Waals surface area (Å²) in [6.07, 6.45) is 9.84. The molecule has 0 saturated heterocycles. The molecule has 124 valence electrons. The van der Waals surface area contributed by atoms with Gasteiger partial charge in [0.1, 0.15) is 9.84 Å². The summed E-state index contributed by atoms with van der Waals surface area (Å²) >= 11 is 0. The molecule has 0 heterocycles. The van der Waals surface area contributed by atoms with Gasteiger partial charge in [0, 0.05) is 11.8 Å². The maximum Gasteiger partial charge on any atom is 0.150 e. The molecule has 4 heteroatoms. The minimum absolute atomic E-state index is 0.167. The Morgan fingerprint density at radius 2 is 1.71 bits per heavy atom. The Hall–Kier alpha value is -0.0900. The number of hydrogen-bond acceptors (Lipinski definition) is 3. The molecule has 0 amide bonds. The molecule has 2 fully saturated rings. The van der Waals surface area contributed by atoms with E-state index in [1.807, 2.05) is 0 Å². The van der Waals surface area contributed by atoms with Gasteiger partial charge in [-0.15, -0.1) is 0 Å². The summed E-state index contributed by atoms with van der Waals surface area (Å²) < 4.78 is 23.9. The van der Waals surface area contributed by atoms with E-state index < -0.39 is 9.84 Å². The van der Waals surface area contributed by atoms with E-state index in [0.717, 1.165) is 32.1 Å². The molecule has 0 spiro atoms. The standard InChI is InChI=1S/C17H33NO2S/c1-16(2,3)15-10-5-6-11-17(15,18)13-8-7-9-14(12-13)21(4,19)20/h13-15H,5-12,18H2,1-4H3. The molecule has 2 rings (SSSR count). The zero-order valence-electron chi connectivity index (χ0n) is 14.2. The van der Waals surface area contributed by atoms with E-state index in [9.17, 15) is 8.42 Å². The molecular weight excluding hydrogens is 282 g/mol. The van der Waals surface area contributed by atoms with E-state index in [1.54, 1.807) is 0 Å². The largest absolute Gasteiger partial charge is 0.325 e. The monoisotopic (exact) mass is 315 g/mol. The zero-order valence-corrected chi connectivity index (χ0v) is 15.0. The summed E-state index contributed by atoms with van der Waals surface area (Å²) in [5, 5.41) is -0.167. The molecule has 0 aromatic carbocycles. The highest BCUT2D eigenvalue weighted by molar-refractivity contribution is 7.91. The first-order valence-corrected chi connectivity index (χ1v) is 10.5. The SMILES string of the molecule is CC(C)(C)C1CCCCC1(N)C1CCCC(S(C)(=O)=O)C1. The quantitative estimate of drug-likeness (QED) is 0.848. The lowest BCUT2D eigenvalue weighted by molar-refractivity contribution is 0.0226. The van der Waals surface area contributed by atoms with Crippen molar-refractivity contribution >= 4 is 9.84 Å². The first-order valence-electron chi connectivity index (χ1n) is 8.53. The van der Waals surface area contributed by atoms with Crippen LogP contribution in [0.5, 0.6) is 0 Å². The first kappa shape index (κ1) is 17.3. The van der Waals surface area contributed by atoms with Crippen LogP contribution >= 0.6 is 0 Å². The van der Waals surface area contributed by atoms with Crippen LogP contribution in [0, 0.1) is 17.3 Å². The molecule has 0 aliphatic heterocycles. The average molecular weight is 316 g/mol. The molecule has 0 bridgehead atoms. The topological polar surface area (TPSA) is 60.2 Å². The third-order valence-corrected chi connectivity index (χ3v) is 7.68. The van der Waals surface area contributed by atoms with Crippen LogP contribution in [0.15, 0.2) is 0 Å². The number of rotatable bonds is 2. The summed E-state index contributed by atoms with van der Waals surface area (Å²) in [5.41, 5.74) is 7.01. The Labute approximate surface area is 131 Å². The summed E-state index contributed by atoms with van der Waals surface area (Å²) in [4.78, 5) is 0. The summed E-state index contributed by atoms with van der Waals surface area (Å²) in [6.45, 7) is 6.88. The third kappa shape index (κ3) is 3.64. The van der Waals surface area contributed by atoms with Gasteiger partial charge in [-0.2, -0.15) is 0 Å². The van der Waals surface area contributed by atoms with Crippen molar-refractivity contribution in [3.8, 4) is 0 Å². The van der Waals surface area contributed by atoms with Gasteiger partial charge >= 0.3 is 0 Å². The fraction of sp³-hybridized carbons (Fsp3) is 1.00. The summed E-state index contributed by atoms with van der Waals surface area (Å²) in [7, 11) is -2.93. The van der Waals surface area contributed by atoms with Crippen LogP contribution in [0.3, 0.4) is 0 Å². The van der Waals surface area contributed by atoms with E-state index in [-0.39, 0.29) is 16.2 Å². The highest BCUT2D eigenvalue weighted by atomic mass is 32.2. The van der Waals surface area contributed by atoms with Crippen molar-refractivity contribution in [2.24, 2.45) is 23.0 Å². The fourth-order valence-electron chi connectivity index (χ4n) is 4.97. The van der Waals surface area contributed by atoms with Crippen LogP contribution in [0.2, 0.25) is 0 Å². The van der Waals surface area contributed by atoms with Gasteiger partial charge < -0.3 is 5.73 Å². The van der Waals surface area contributed by atoms with Crippen LogP contribution in [0.1, 0.15) is 72.1 Å². The predicted molar refractivity (Wildman–Crippen MR) is 88.9 cm³/mol. The maximum atomic E-state index is 12.0. The zero-order chi connectivity index (χ0) is 15.9. The molecule has 3 nitrogen and oxygen atoms in total. The highest BCUT2D eigenvalue weighted by Crippen LogP contribution is 2.50. The van der Waals surface area contributed by atoms with Crippen LogP contribution in [0.25, 0.3) is 0 Å². The Bertz CT molecular complexity index is 466. The van der Waals surface area contributed by atoms with Crippen molar-refractivity contribution in [3.05, 3.63) is 0 Å². The van der Waals surface area contributed by atoms with Gasteiger partial charge in [0.05, 0.1) is 5.25 Å². The van der Waals surface area contributed by atoms with Crippen molar-refractivity contribution in [1.29, 1.82) is 0 Å². The highest BCUT2D eigenvalue weighted by Gasteiger charge is 2.49. The number of nitrogens with two attached hydrogens (primary N) is 1. The van der Waals surface area contributed by atoms with Crippen molar-refractivity contribution in [2.45, 2.75) is 82.9 Å². The lowest BCUT2D eigenvalue weighted by atomic mass is 9.56. The molecule has 4 atom stereocenters. The maximum absolute atomic E-state index is 12.0. The van der Waals surface area contributed by atoms with Crippen LogP contribution < -0.4 is 5.73 Å². The van der Waals surface area contributed by atoms with E-state index in [0.29, 0.717) is 11.8 Å². The molecule has 0 aromatic rings. The van der Waals surface area contributed by atoms with Gasteiger partial charge in [0.15, 0.2) is 0 Å². The Kier molecular flexibility index (Phi) is 4.80. The first-order chi connectivity index (χ1) is 9.55. The lowest BCUT2D eigenvalue weighted by Gasteiger charge is -2.53. The summed E-state index contributed by atoms with van der Waals surface area (Å²) in [6, 6.07) is 0. The molecule has 2 aliphatic carbocycles. The van der Waals surface area contributed by atoms with E-state index in [1.165, 1.54) is 25.5 Å². The molecule has 21 heavy (non-hydrogen) atoms. The molecular formula is C17H33NO2S. The van der Waals surface area contributed by atoms with Crippen LogP contribution in [-0.2, 0) is 9.84 Å². The molecule has 4 unspecified atom stereocenters. The second kappa shape index (κ2) is 5.84. The van der Waals surface area contributed by atoms with E-state index >= 15 is 0 Å². The van der Waals surface area contributed by atoms with Gasteiger partial charge in [-0.25, -0.2) is 8.42 Å². The fourth-order valence-corrected chi connectivity index (χ4v) is 6.15. The predicted octanol–water partition coefficient (Wildman–Crippen LogP) is 3.52. The molecule has 0 aromatic heterocycles. The van der Waals surface area contributed by atoms with Crippen molar-refractivity contribution in [3.63, 3.8) is 0 Å². The second-order valence-corrected chi connectivity index (χ2v) is 10.9. The normalized spacial score (nSPS) is 39.2. The second-order valence-electron chi connectivity index (χ2n) is 8.59. The van der Waals surface area contributed by atoms with Crippen LogP contribution in [-0.4, -0.2) is 25.5 Å². The molecule has 2 aliphatic rings. The average Bonchev–Trinajstić information content (AvgIpc) is 2.37. The molecule has 2 saturated carbocycles. The van der Waals surface area contributed by atoms with Crippen molar-refractivity contribution in [2.75, 3.05) is 6.26 Å².